The lowest BCUT2D eigenvalue weighted by Gasteiger charge is -2.27. The van der Waals surface area contributed by atoms with Crippen LogP contribution in [0.3, 0.4) is 0 Å². The molecule has 0 aromatic carbocycles. The van der Waals surface area contributed by atoms with Gasteiger partial charge in [-0.1, -0.05) is 0 Å². The van der Waals surface area contributed by atoms with Crippen LogP contribution in [0.25, 0.3) is 0 Å². The fourth-order valence-corrected chi connectivity index (χ4v) is 4.49. The standard InChI is InChI=1S/C16H24N2O3S/c1-12-3-4-22-14(12)6-18-5-13-7-21-11-16(13,10-18)9-17-15(19)8-20-2/h3-4,13H,5-11H2,1-2H3,(H,17,19)/t13-,16+/m1/s1. The predicted molar refractivity (Wildman–Crippen MR) is 86.0 cm³/mol. The number of hydrogen-bond acceptors (Lipinski definition) is 5. The molecule has 0 saturated carbocycles. The number of rotatable bonds is 6. The van der Waals surface area contributed by atoms with Gasteiger partial charge in [0.2, 0.25) is 5.91 Å². The second-order valence-electron chi connectivity index (χ2n) is 6.48. The Labute approximate surface area is 135 Å². The molecule has 0 bridgehead atoms. The van der Waals surface area contributed by atoms with Gasteiger partial charge in [0, 0.05) is 49.5 Å². The third kappa shape index (κ3) is 3.20. The molecule has 1 aromatic heterocycles. The van der Waals surface area contributed by atoms with Crippen molar-refractivity contribution in [2.45, 2.75) is 13.5 Å². The minimum absolute atomic E-state index is 0.0462. The molecule has 3 heterocycles. The lowest BCUT2D eigenvalue weighted by molar-refractivity contribution is -0.125. The average molecular weight is 324 g/mol. The molecule has 5 nitrogen and oxygen atoms in total. The van der Waals surface area contributed by atoms with Gasteiger partial charge in [-0.05, 0) is 23.9 Å². The van der Waals surface area contributed by atoms with E-state index in [4.69, 9.17) is 9.47 Å². The van der Waals surface area contributed by atoms with Gasteiger partial charge in [0.1, 0.15) is 6.61 Å². The number of ether oxygens (including phenoxy) is 2. The van der Waals surface area contributed by atoms with Gasteiger partial charge in [-0.3, -0.25) is 9.69 Å². The van der Waals surface area contributed by atoms with Crippen molar-refractivity contribution >= 4 is 17.2 Å². The van der Waals surface area contributed by atoms with Crippen molar-refractivity contribution in [3.8, 4) is 0 Å². The van der Waals surface area contributed by atoms with E-state index >= 15 is 0 Å². The van der Waals surface area contributed by atoms with Crippen LogP contribution in [0.5, 0.6) is 0 Å². The van der Waals surface area contributed by atoms with E-state index < -0.39 is 0 Å². The number of nitrogens with one attached hydrogen (secondary N) is 1. The van der Waals surface area contributed by atoms with Crippen molar-refractivity contribution in [1.29, 1.82) is 0 Å². The van der Waals surface area contributed by atoms with Crippen molar-refractivity contribution in [3.05, 3.63) is 21.9 Å². The monoisotopic (exact) mass is 324 g/mol. The van der Waals surface area contributed by atoms with E-state index in [0.29, 0.717) is 12.5 Å². The van der Waals surface area contributed by atoms with Crippen LogP contribution in [-0.4, -0.2) is 57.4 Å². The molecule has 6 heteroatoms. The summed E-state index contributed by atoms with van der Waals surface area (Å²) in [6.45, 7) is 7.57. The van der Waals surface area contributed by atoms with Crippen molar-refractivity contribution in [2.75, 3.05) is 46.6 Å². The van der Waals surface area contributed by atoms with Crippen LogP contribution in [0.4, 0.5) is 0 Å². The molecule has 1 aromatic rings. The number of fused-ring (bicyclic) bond motifs is 1. The van der Waals surface area contributed by atoms with Gasteiger partial charge in [0.05, 0.1) is 13.2 Å². The number of carbonyl (C=O) groups excluding carboxylic acids is 1. The van der Waals surface area contributed by atoms with Gasteiger partial charge in [-0.25, -0.2) is 0 Å². The highest BCUT2D eigenvalue weighted by atomic mass is 32.1. The summed E-state index contributed by atoms with van der Waals surface area (Å²) in [5, 5.41) is 5.17. The van der Waals surface area contributed by atoms with Gasteiger partial charge < -0.3 is 14.8 Å². The Morgan fingerprint density at radius 3 is 3.23 bits per heavy atom. The number of likely N-dealkylation sites (tertiary alicyclic amines) is 1. The van der Waals surface area contributed by atoms with Gasteiger partial charge in [-0.2, -0.15) is 0 Å². The Kier molecular flexibility index (Phi) is 4.82. The zero-order chi connectivity index (χ0) is 15.6. The molecule has 22 heavy (non-hydrogen) atoms. The molecule has 2 atom stereocenters. The summed E-state index contributed by atoms with van der Waals surface area (Å²) in [5.41, 5.74) is 1.44. The fraction of sp³-hybridized carbons (Fsp3) is 0.688. The Bertz CT molecular complexity index is 533. The number of methoxy groups -OCH3 is 1. The summed E-state index contributed by atoms with van der Waals surface area (Å²) in [4.78, 5) is 15.6. The van der Waals surface area contributed by atoms with Crippen LogP contribution >= 0.6 is 11.3 Å². The number of aryl methyl sites for hydroxylation is 1. The average Bonchev–Trinajstić information content (AvgIpc) is 3.13. The predicted octanol–water partition coefficient (Wildman–Crippen LogP) is 1.27. The van der Waals surface area contributed by atoms with Crippen molar-refractivity contribution < 1.29 is 14.3 Å². The maximum absolute atomic E-state index is 11.7. The maximum Gasteiger partial charge on any atom is 0.246 e. The Morgan fingerprint density at radius 2 is 2.50 bits per heavy atom. The topological polar surface area (TPSA) is 50.8 Å². The van der Waals surface area contributed by atoms with Crippen LogP contribution in [0.15, 0.2) is 11.4 Å². The fourth-order valence-electron chi connectivity index (χ4n) is 3.54. The molecule has 2 saturated heterocycles. The first-order valence-electron chi connectivity index (χ1n) is 7.72. The molecule has 0 unspecified atom stereocenters. The third-order valence-corrected chi connectivity index (χ3v) is 5.85. The van der Waals surface area contributed by atoms with Crippen molar-refractivity contribution in [3.63, 3.8) is 0 Å². The first-order chi connectivity index (χ1) is 10.6. The van der Waals surface area contributed by atoms with E-state index in [2.05, 4.69) is 28.6 Å². The number of hydrogen-bond donors (Lipinski definition) is 1. The lowest BCUT2D eigenvalue weighted by Crippen LogP contribution is -2.44. The van der Waals surface area contributed by atoms with Crippen LogP contribution in [0, 0.1) is 18.3 Å². The highest BCUT2D eigenvalue weighted by Gasteiger charge is 2.50. The third-order valence-electron chi connectivity index (χ3n) is 4.84. The number of nitrogens with zero attached hydrogens (tertiary/aromatic N) is 1. The first kappa shape index (κ1) is 15.9. The number of amides is 1. The van der Waals surface area contributed by atoms with E-state index in [1.54, 1.807) is 7.11 Å². The molecule has 122 valence electrons. The molecule has 0 spiro atoms. The summed E-state index contributed by atoms with van der Waals surface area (Å²) in [6.07, 6.45) is 0. The molecule has 0 radical (unpaired) electrons. The summed E-state index contributed by atoms with van der Waals surface area (Å²) in [5.74, 6) is 0.464. The van der Waals surface area contributed by atoms with E-state index in [-0.39, 0.29) is 17.9 Å². The quantitative estimate of drug-likeness (QED) is 0.856. The Balaban J connectivity index is 1.61. The maximum atomic E-state index is 11.7. The summed E-state index contributed by atoms with van der Waals surface area (Å²) in [7, 11) is 1.54. The van der Waals surface area contributed by atoms with Gasteiger partial charge in [0.15, 0.2) is 0 Å². The highest BCUT2D eigenvalue weighted by molar-refractivity contribution is 7.10. The van der Waals surface area contributed by atoms with E-state index in [1.807, 2.05) is 11.3 Å². The summed E-state index contributed by atoms with van der Waals surface area (Å²) in [6, 6.07) is 2.18. The Morgan fingerprint density at radius 1 is 1.64 bits per heavy atom. The van der Waals surface area contributed by atoms with Crippen LogP contribution in [-0.2, 0) is 20.8 Å². The first-order valence-corrected chi connectivity index (χ1v) is 8.60. The summed E-state index contributed by atoms with van der Waals surface area (Å²) < 4.78 is 10.6. The molecule has 1 amide bonds. The van der Waals surface area contributed by atoms with Crippen LogP contribution in [0.2, 0.25) is 0 Å². The molecule has 2 aliphatic rings. The molecule has 3 rings (SSSR count). The van der Waals surface area contributed by atoms with E-state index in [9.17, 15) is 4.79 Å². The minimum Gasteiger partial charge on any atom is -0.380 e. The van der Waals surface area contributed by atoms with E-state index in [1.165, 1.54) is 10.4 Å². The second-order valence-corrected chi connectivity index (χ2v) is 7.48. The van der Waals surface area contributed by atoms with Gasteiger partial charge in [0.25, 0.3) is 0 Å². The second kappa shape index (κ2) is 6.66. The van der Waals surface area contributed by atoms with Gasteiger partial charge in [-0.15, -0.1) is 11.3 Å². The van der Waals surface area contributed by atoms with Crippen LogP contribution < -0.4 is 5.32 Å². The van der Waals surface area contributed by atoms with Crippen LogP contribution in [0.1, 0.15) is 10.4 Å². The smallest absolute Gasteiger partial charge is 0.246 e. The molecular formula is C16H24N2O3S. The highest BCUT2D eigenvalue weighted by Crippen LogP contribution is 2.41. The Hall–Kier alpha value is -0.950. The van der Waals surface area contributed by atoms with Crippen molar-refractivity contribution in [1.82, 2.24) is 10.2 Å². The number of carbonyl (C=O) groups is 1. The molecular weight excluding hydrogens is 300 g/mol. The molecule has 0 aliphatic carbocycles. The van der Waals surface area contributed by atoms with E-state index in [0.717, 1.165) is 32.8 Å². The van der Waals surface area contributed by atoms with Crippen molar-refractivity contribution in [2.24, 2.45) is 11.3 Å². The molecule has 2 fully saturated rings. The van der Waals surface area contributed by atoms with Gasteiger partial charge >= 0.3 is 0 Å². The SMILES string of the molecule is COCC(=O)NC[C@]12COC[C@H]1CN(Cc1sccc1C)C2. The lowest BCUT2D eigenvalue weighted by atomic mass is 9.81. The number of thiophene rings is 1. The molecule has 2 aliphatic heterocycles. The zero-order valence-corrected chi connectivity index (χ0v) is 14.1. The largest absolute Gasteiger partial charge is 0.380 e. The summed E-state index contributed by atoms with van der Waals surface area (Å²) >= 11 is 1.83. The molecule has 1 N–H and O–H groups in total. The zero-order valence-electron chi connectivity index (χ0n) is 13.3. The normalized spacial score (nSPS) is 28.0. The minimum atomic E-state index is -0.0462.